The molecule has 7 N–H and O–H groups in total. The van der Waals surface area contributed by atoms with Gasteiger partial charge in [0.1, 0.15) is 31.0 Å². The van der Waals surface area contributed by atoms with Crippen molar-refractivity contribution < 1.29 is 54.8 Å². The number of hydrogen-bond donors (Lipinski definition) is 7. The Balaban J connectivity index is 1.89. The molecule has 6 unspecified atom stereocenters. The van der Waals surface area contributed by atoms with Crippen LogP contribution in [0.1, 0.15) is 25.8 Å². The summed E-state index contributed by atoms with van der Waals surface area (Å²) in [5, 5.41) is 68.3. The van der Waals surface area contributed by atoms with Gasteiger partial charge in [-0.3, -0.25) is 0 Å². The van der Waals surface area contributed by atoms with Gasteiger partial charge in [0.2, 0.25) is 0 Å². The zero-order valence-electron chi connectivity index (χ0n) is 19.6. The third-order valence-electron chi connectivity index (χ3n) is 5.67. The maximum Gasteiger partial charge on any atom is 0.333 e. The second-order valence-electron chi connectivity index (χ2n) is 8.33. The van der Waals surface area contributed by atoms with E-state index in [2.05, 4.69) is 0 Å². The smallest absolute Gasteiger partial charge is 0.333 e. The Labute approximate surface area is 203 Å². The first kappa shape index (κ1) is 28.7. The fraction of sp³-hybridized carbons (Fsp3) is 0.542. The van der Waals surface area contributed by atoms with Crippen LogP contribution in [0.2, 0.25) is 0 Å². The first-order valence-electron chi connectivity index (χ1n) is 11.2. The fourth-order valence-corrected chi connectivity index (χ4v) is 3.32. The van der Waals surface area contributed by atoms with Gasteiger partial charge in [-0.2, -0.15) is 0 Å². The second kappa shape index (κ2) is 13.5. The van der Waals surface area contributed by atoms with Crippen LogP contribution in [0.4, 0.5) is 0 Å². The highest BCUT2D eigenvalue weighted by molar-refractivity contribution is 5.87. The fourth-order valence-electron chi connectivity index (χ4n) is 3.32. The molecular weight excluding hydrogens is 464 g/mol. The number of aliphatic hydroxyl groups excluding tert-OH is 5. The van der Waals surface area contributed by atoms with Crippen molar-refractivity contribution in [1.82, 2.24) is 0 Å². The summed E-state index contributed by atoms with van der Waals surface area (Å²) in [6.45, 7) is 2.53. The minimum Gasteiger partial charge on any atom is -0.504 e. The average Bonchev–Trinajstić information content (AvgIpc) is 2.83. The molecule has 35 heavy (non-hydrogen) atoms. The van der Waals surface area contributed by atoms with Crippen LogP contribution in [-0.2, 0) is 25.4 Å². The molecule has 1 saturated heterocycles. The maximum atomic E-state index is 12.3. The number of phenols is 2. The van der Waals surface area contributed by atoms with E-state index < -0.39 is 49.4 Å². The maximum absolute atomic E-state index is 12.3. The van der Waals surface area contributed by atoms with E-state index in [1.165, 1.54) is 31.2 Å². The molecule has 11 nitrogen and oxygen atoms in total. The average molecular weight is 499 g/mol. The predicted molar refractivity (Wildman–Crippen MR) is 122 cm³/mol. The largest absolute Gasteiger partial charge is 0.504 e. The highest BCUT2D eigenvalue weighted by atomic mass is 16.7. The van der Waals surface area contributed by atoms with Crippen molar-refractivity contribution in [2.75, 3.05) is 19.8 Å². The van der Waals surface area contributed by atoms with Gasteiger partial charge in [-0.15, -0.1) is 0 Å². The number of phenolic OH excluding ortho intramolecular Hbond substituents is 2. The van der Waals surface area contributed by atoms with E-state index in [1.54, 1.807) is 13.0 Å². The van der Waals surface area contributed by atoms with Crippen LogP contribution in [0.25, 0.3) is 0 Å². The molecule has 1 heterocycles. The Morgan fingerprint density at radius 1 is 1.09 bits per heavy atom. The van der Waals surface area contributed by atoms with Crippen molar-refractivity contribution in [1.29, 1.82) is 0 Å². The van der Waals surface area contributed by atoms with E-state index in [9.17, 15) is 35.4 Å². The minimum atomic E-state index is -1.61. The summed E-state index contributed by atoms with van der Waals surface area (Å²) in [6.07, 6.45) is -4.69. The van der Waals surface area contributed by atoms with Crippen LogP contribution in [0.3, 0.4) is 0 Å². The Morgan fingerprint density at radius 2 is 1.80 bits per heavy atom. The van der Waals surface area contributed by atoms with Gasteiger partial charge in [-0.25, -0.2) is 4.79 Å². The summed E-state index contributed by atoms with van der Waals surface area (Å²) >= 11 is 0. The Morgan fingerprint density at radius 3 is 2.46 bits per heavy atom. The number of aromatic hydroxyl groups is 2. The van der Waals surface area contributed by atoms with Gasteiger partial charge in [0.15, 0.2) is 17.8 Å². The molecule has 1 fully saturated rings. The van der Waals surface area contributed by atoms with Crippen LogP contribution in [0.5, 0.6) is 11.5 Å². The molecule has 1 aliphatic heterocycles. The molecule has 1 aromatic rings. The Bertz CT molecular complexity index is 897. The van der Waals surface area contributed by atoms with Crippen LogP contribution >= 0.6 is 0 Å². The Hall–Kier alpha value is -2.51. The lowest BCUT2D eigenvalue weighted by Gasteiger charge is -2.40. The minimum absolute atomic E-state index is 0.0234. The van der Waals surface area contributed by atoms with Crippen molar-refractivity contribution in [3.05, 3.63) is 47.1 Å². The molecule has 0 radical (unpaired) electrons. The molecular formula is C24H34O11. The summed E-state index contributed by atoms with van der Waals surface area (Å²) in [5.41, 5.74) is 1.41. The van der Waals surface area contributed by atoms with E-state index in [0.717, 1.165) is 0 Å². The predicted octanol–water partition coefficient (Wildman–Crippen LogP) is -0.356. The van der Waals surface area contributed by atoms with E-state index in [1.807, 2.05) is 0 Å². The first-order chi connectivity index (χ1) is 16.5. The van der Waals surface area contributed by atoms with Crippen molar-refractivity contribution in [3.63, 3.8) is 0 Å². The van der Waals surface area contributed by atoms with Crippen molar-refractivity contribution in [2.24, 2.45) is 0 Å². The number of carbonyl (C=O) groups is 1. The third kappa shape index (κ3) is 8.29. The Kier molecular flexibility index (Phi) is 11.1. The molecule has 2 rings (SSSR count). The molecule has 1 aliphatic rings. The van der Waals surface area contributed by atoms with Gasteiger partial charge in [0, 0.05) is 5.57 Å². The van der Waals surface area contributed by atoms with Gasteiger partial charge in [0.05, 0.1) is 19.3 Å². The van der Waals surface area contributed by atoms with Gasteiger partial charge in [-0.1, -0.05) is 18.2 Å². The van der Waals surface area contributed by atoms with E-state index in [-0.39, 0.29) is 36.7 Å². The normalized spacial score (nSPS) is 26.4. The van der Waals surface area contributed by atoms with Crippen LogP contribution in [-0.4, -0.2) is 98.3 Å². The zero-order valence-corrected chi connectivity index (χ0v) is 19.6. The third-order valence-corrected chi connectivity index (χ3v) is 5.67. The van der Waals surface area contributed by atoms with E-state index in [4.69, 9.17) is 19.3 Å². The van der Waals surface area contributed by atoms with Crippen molar-refractivity contribution in [2.45, 2.75) is 63.5 Å². The summed E-state index contributed by atoms with van der Waals surface area (Å²) in [6, 6.07) is 4.26. The molecule has 0 aliphatic carbocycles. The number of esters is 1. The second-order valence-corrected chi connectivity index (χ2v) is 8.33. The number of benzene rings is 1. The van der Waals surface area contributed by atoms with Gasteiger partial charge >= 0.3 is 5.97 Å². The van der Waals surface area contributed by atoms with Crippen LogP contribution in [0, 0.1) is 0 Å². The van der Waals surface area contributed by atoms with Gasteiger partial charge < -0.3 is 50.0 Å². The van der Waals surface area contributed by atoms with E-state index >= 15 is 0 Å². The summed E-state index contributed by atoms with van der Waals surface area (Å²) in [5.74, 6) is -1.26. The number of carbonyl (C=O) groups excluding carboxylic acids is 1. The molecule has 0 spiro atoms. The number of hydrogen-bond acceptors (Lipinski definition) is 11. The first-order valence-corrected chi connectivity index (χ1v) is 11.2. The van der Waals surface area contributed by atoms with Gasteiger partial charge in [0.25, 0.3) is 0 Å². The molecule has 11 heteroatoms. The number of rotatable bonds is 11. The molecule has 0 aromatic heterocycles. The SMILES string of the molecule is CC(=CCC(O)C(C)=CCO)C(=O)OCC1OC(OCCc2ccc(O)c(O)c2)C(O)C(O)C1O. The molecule has 0 saturated carbocycles. The summed E-state index contributed by atoms with van der Waals surface area (Å²) < 4.78 is 16.2. The lowest BCUT2D eigenvalue weighted by atomic mass is 9.99. The monoisotopic (exact) mass is 498 g/mol. The summed E-state index contributed by atoms with van der Waals surface area (Å²) in [7, 11) is 0. The van der Waals surface area contributed by atoms with Gasteiger partial charge in [-0.05, 0) is 50.0 Å². The molecule has 196 valence electrons. The summed E-state index contributed by atoms with van der Waals surface area (Å²) in [4.78, 5) is 12.3. The molecule has 0 bridgehead atoms. The molecule has 6 atom stereocenters. The quantitative estimate of drug-likeness (QED) is 0.0914. The topological polar surface area (TPSA) is 186 Å². The number of aliphatic hydroxyl groups is 5. The lowest BCUT2D eigenvalue weighted by Crippen LogP contribution is -2.59. The van der Waals surface area contributed by atoms with Crippen molar-refractivity contribution >= 4 is 5.97 Å². The molecule has 1 aromatic carbocycles. The van der Waals surface area contributed by atoms with E-state index in [0.29, 0.717) is 17.6 Å². The lowest BCUT2D eigenvalue weighted by molar-refractivity contribution is -0.301. The van der Waals surface area contributed by atoms with Crippen LogP contribution in [0.15, 0.2) is 41.5 Å². The molecule has 0 amide bonds. The van der Waals surface area contributed by atoms with Crippen LogP contribution < -0.4 is 0 Å². The van der Waals surface area contributed by atoms with Crippen molar-refractivity contribution in [3.8, 4) is 11.5 Å². The zero-order chi connectivity index (χ0) is 26.1. The highest BCUT2D eigenvalue weighted by Gasteiger charge is 2.44. The number of ether oxygens (including phenoxy) is 3. The standard InChI is InChI=1S/C24H34O11/c1-13(7-9-25)16(26)5-3-14(2)23(32)34-12-19-20(29)21(30)22(31)24(35-19)33-10-8-15-4-6-17(27)18(28)11-15/h3-4,6-7,11,16,19-22,24-31H,5,8-10,12H2,1-2H3. The highest BCUT2D eigenvalue weighted by Crippen LogP contribution is 2.26.